The Labute approximate surface area is 93.9 Å². The first-order chi connectivity index (χ1) is 7.83. The summed E-state index contributed by atoms with van der Waals surface area (Å²) in [6.07, 6.45) is 4.41. The highest BCUT2D eigenvalue weighted by Crippen LogP contribution is 2.27. The van der Waals surface area contributed by atoms with Crippen molar-refractivity contribution < 1.29 is 4.79 Å². The third-order valence-electron chi connectivity index (χ3n) is 3.06. The maximum absolute atomic E-state index is 11.8. The standard InChI is InChI=1S/C13H14N2O/c16-13(15-8-9-1-2-9)11-3-4-12-10(7-11)5-6-14-12/h3-7,9,14H,1-2,8H2,(H,15,16). The molecule has 0 unspecified atom stereocenters. The van der Waals surface area contributed by atoms with Gasteiger partial charge in [0.25, 0.3) is 5.91 Å². The molecule has 1 aromatic heterocycles. The van der Waals surface area contributed by atoms with Crippen LogP contribution in [-0.2, 0) is 0 Å². The van der Waals surface area contributed by atoms with Gasteiger partial charge in [0, 0.05) is 29.2 Å². The molecular weight excluding hydrogens is 200 g/mol. The lowest BCUT2D eigenvalue weighted by Crippen LogP contribution is -2.25. The summed E-state index contributed by atoms with van der Waals surface area (Å²) < 4.78 is 0. The van der Waals surface area contributed by atoms with Crippen molar-refractivity contribution in [3.8, 4) is 0 Å². The fourth-order valence-corrected chi connectivity index (χ4v) is 1.86. The zero-order valence-electron chi connectivity index (χ0n) is 8.99. The minimum absolute atomic E-state index is 0.0370. The second-order valence-corrected chi connectivity index (χ2v) is 4.43. The number of H-pyrrole nitrogens is 1. The SMILES string of the molecule is O=C(NCC1CC1)c1ccc2[nH]ccc2c1. The predicted octanol–water partition coefficient (Wildman–Crippen LogP) is 2.31. The Morgan fingerprint density at radius 3 is 3.06 bits per heavy atom. The van der Waals surface area contributed by atoms with Gasteiger partial charge in [0.1, 0.15) is 0 Å². The van der Waals surface area contributed by atoms with Gasteiger partial charge in [0.15, 0.2) is 0 Å². The number of amides is 1. The number of hydrogen-bond acceptors (Lipinski definition) is 1. The van der Waals surface area contributed by atoms with Crippen LogP contribution in [0.25, 0.3) is 10.9 Å². The molecule has 16 heavy (non-hydrogen) atoms. The maximum atomic E-state index is 11.8. The van der Waals surface area contributed by atoms with E-state index < -0.39 is 0 Å². The highest BCUT2D eigenvalue weighted by atomic mass is 16.1. The van der Waals surface area contributed by atoms with E-state index in [9.17, 15) is 4.79 Å². The van der Waals surface area contributed by atoms with Gasteiger partial charge in [-0.3, -0.25) is 4.79 Å². The number of fused-ring (bicyclic) bond motifs is 1. The molecule has 1 fully saturated rings. The van der Waals surface area contributed by atoms with Crippen LogP contribution in [0.2, 0.25) is 0 Å². The monoisotopic (exact) mass is 214 g/mol. The van der Waals surface area contributed by atoms with Gasteiger partial charge in [-0.2, -0.15) is 0 Å². The lowest BCUT2D eigenvalue weighted by atomic mass is 10.1. The Bertz CT molecular complexity index is 525. The average Bonchev–Trinajstić information content (AvgIpc) is 3.01. The van der Waals surface area contributed by atoms with E-state index in [1.165, 1.54) is 12.8 Å². The topological polar surface area (TPSA) is 44.9 Å². The van der Waals surface area contributed by atoms with Crippen molar-refractivity contribution in [1.29, 1.82) is 0 Å². The maximum Gasteiger partial charge on any atom is 0.251 e. The second-order valence-electron chi connectivity index (χ2n) is 4.43. The van der Waals surface area contributed by atoms with Gasteiger partial charge in [-0.1, -0.05) is 0 Å². The Kier molecular flexibility index (Phi) is 2.17. The molecule has 0 saturated heterocycles. The van der Waals surface area contributed by atoms with Crippen molar-refractivity contribution in [2.75, 3.05) is 6.54 Å². The van der Waals surface area contributed by atoms with Crippen molar-refractivity contribution in [1.82, 2.24) is 10.3 Å². The van der Waals surface area contributed by atoms with Gasteiger partial charge < -0.3 is 10.3 Å². The third-order valence-corrected chi connectivity index (χ3v) is 3.06. The first-order valence-electron chi connectivity index (χ1n) is 5.68. The average molecular weight is 214 g/mol. The van der Waals surface area contributed by atoms with Crippen LogP contribution in [0.1, 0.15) is 23.2 Å². The lowest BCUT2D eigenvalue weighted by molar-refractivity contribution is 0.0952. The summed E-state index contributed by atoms with van der Waals surface area (Å²) in [7, 11) is 0. The van der Waals surface area contributed by atoms with Crippen LogP contribution in [0.4, 0.5) is 0 Å². The summed E-state index contributed by atoms with van der Waals surface area (Å²) in [4.78, 5) is 14.9. The zero-order chi connectivity index (χ0) is 11.0. The molecule has 1 heterocycles. The minimum atomic E-state index is 0.0370. The highest BCUT2D eigenvalue weighted by Gasteiger charge is 2.21. The molecular formula is C13H14N2O. The molecule has 1 saturated carbocycles. The van der Waals surface area contributed by atoms with Gasteiger partial charge in [0.2, 0.25) is 0 Å². The molecule has 0 aliphatic heterocycles. The van der Waals surface area contributed by atoms with Gasteiger partial charge in [-0.05, 0) is 43.0 Å². The third kappa shape index (κ3) is 1.81. The van der Waals surface area contributed by atoms with Crippen molar-refractivity contribution in [2.45, 2.75) is 12.8 Å². The van der Waals surface area contributed by atoms with Crippen LogP contribution in [-0.4, -0.2) is 17.4 Å². The minimum Gasteiger partial charge on any atom is -0.361 e. The van der Waals surface area contributed by atoms with E-state index in [2.05, 4.69) is 10.3 Å². The molecule has 3 nitrogen and oxygen atoms in total. The first kappa shape index (κ1) is 9.46. The number of benzene rings is 1. The number of aromatic amines is 1. The van der Waals surface area contributed by atoms with E-state index in [0.29, 0.717) is 0 Å². The van der Waals surface area contributed by atoms with Crippen LogP contribution in [0.15, 0.2) is 30.5 Å². The Balaban J connectivity index is 1.78. The molecule has 2 N–H and O–H groups in total. The summed E-state index contributed by atoms with van der Waals surface area (Å²) in [5.41, 5.74) is 1.81. The highest BCUT2D eigenvalue weighted by molar-refractivity contribution is 5.98. The molecule has 0 radical (unpaired) electrons. The van der Waals surface area contributed by atoms with Crippen molar-refractivity contribution >= 4 is 16.8 Å². The summed E-state index contributed by atoms with van der Waals surface area (Å²) in [6.45, 7) is 0.823. The number of aromatic nitrogens is 1. The molecule has 1 aliphatic rings. The summed E-state index contributed by atoms with van der Waals surface area (Å²) in [5.74, 6) is 0.759. The number of hydrogen-bond donors (Lipinski definition) is 2. The van der Waals surface area contributed by atoms with Crippen molar-refractivity contribution in [3.63, 3.8) is 0 Å². The van der Waals surface area contributed by atoms with Gasteiger partial charge in [-0.25, -0.2) is 0 Å². The molecule has 0 atom stereocenters. The number of carbonyl (C=O) groups is 1. The van der Waals surface area contributed by atoms with E-state index in [4.69, 9.17) is 0 Å². The van der Waals surface area contributed by atoms with Crippen LogP contribution in [0.3, 0.4) is 0 Å². The van der Waals surface area contributed by atoms with Gasteiger partial charge in [-0.15, -0.1) is 0 Å². The van der Waals surface area contributed by atoms with E-state index >= 15 is 0 Å². The van der Waals surface area contributed by atoms with Crippen LogP contribution < -0.4 is 5.32 Å². The summed E-state index contributed by atoms with van der Waals surface area (Å²) >= 11 is 0. The Morgan fingerprint density at radius 2 is 2.25 bits per heavy atom. The molecule has 2 aromatic rings. The molecule has 3 heteroatoms. The Morgan fingerprint density at radius 1 is 1.38 bits per heavy atom. The van der Waals surface area contributed by atoms with Crippen LogP contribution >= 0.6 is 0 Å². The molecule has 1 aliphatic carbocycles. The summed E-state index contributed by atoms with van der Waals surface area (Å²) in [5, 5.41) is 4.05. The van der Waals surface area contributed by atoms with Crippen molar-refractivity contribution in [3.05, 3.63) is 36.0 Å². The number of carbonyl (C=O) groups excluding carboxylic acids is 1. The van der Waals surface area contributed by atoms with Crippen LogP contribution in [0.5, 0.6) is 0 Å². The fourth-order valence-electron chi connectivity index (χ4n) is 1.86. The van der Waals surface area contributed by atoms with Crippen LogP contribution in [0, 0.1) is 5.92 Å². The number of rotatable bonds is 3. The van der Waals surface area contributed by atoms with Gasteiger partial charge in [0.05, 0.1) is 0 Å². The molecule has 82 valence electrons. The zero-order valence-corrected chi connectivity index (χ0v) is 8.99. The number of nitrogens with one attached hydrogen (secondary N) is 2. The van der Waals surface area contributed by atoms with E-state index in [1.54, 1.807) is 0 Å². The normalized spacial score (nSPS) is 15.2. The van der Waals surface area contributed by atoms with E-state index in [-0.39, 0.29) is 5.91 Å². The smallest absolute Gasteiger partial charge is 0.251 e. The Hall–Kier alpha value is -1.77. The molecule has 0 spiro atoms. The summed E-state index contributed by atoms with van der Waals surface area (Å²) in [6, 6.07) is 7.71. The fraction of sp³-hybridized carbons (Fsp3) is 0.308. The molecule has 0 bridgehead atoms. The van der Waals surface area contributed by atoms with Crippen molar-refractivity contribution in [2.24, 2.45) is 5.92 Å². The quantitative estimate of drug-likeness (QED) is 0.809. The second kappa shape index (κ2) is 3.67. The van der Waals surface area contributed by atoms with E-state index in [1.807, 2.05) is 30.5 Å². The molecule has 1 amide bonds. The first-order valence-corrected chi connectivity index (χ1v) is 5.68. The predicted molar refractivity (Wildman–Crippen MR) is 63.4 cm³/mol. The molecule has 1 aromatic carbocycles. The van der Waals surface area contributed by atoms with Gasteiger partial charge >= 0.3 is 0 Å². The largest absolute Gasteiger partial charge is 0.361 e. The van der Waals surface area contributed by atoms with E-state index in [0.717, 1.165) is 28.9 Å². The lowest BCUT2D eigenvalue weighted by Gasteiger charge is -2.03. The molecule has 3 rings (SSSR count).